The SMILES string of the molecule is CC#CCOc1c(-c2ccccc2)oc2cccc(OC)c2c1=O. The first-order valence-electron chi connectivity index (χ1n) is 7.48. The average Bonchev–Trinajstić information content (AvgIpc) is 2.63. The Bertz CT molecular complexity index is 975. The highest BCUT2D eigenvalue weighted by Crippen LogP contribution is 2.33. The van der Waals surface area contributed by atoms with Crippen molar-refractivity contribution in [3.8, 4) is 34.7 Å². The van der Waals surface area contributed by atoms with Crippen LogP contribution in [0.5, 0.6) is 11.5 Å². The Labute approximate surface area is 139 Å². The van der Waals surface area contributed by atoms with E-state index in [1.165, 1.54) is 7.11 Å². The minimum absolute atomic E-state index is 0.113. The van der Waals surface area contributed by atoms with Crippen molar-refractivity contribution in [3.63, 3.8) is 0 Å². The van der Waals surface area contributed by atoms with Gasteiger partial charge in [0.1, 0.15) is 23.3 Å². The Balaban J connectivity index is 2.30. The molecule has 24 heavy (non-hydrogen) atoms. The molecule has 0 saturated heterocycles. The minimum Gasteiger partial charge on any atom is -0.496 e. The van der Waals surface area contributed by atoms with E-state index in [9.17, 15) is 4.79 Å². The smallest absolute Gasteiger partial charge is 0.239 e. The van der Waals surface area contributed by atoms with Gasteiger partial charge >= 0.3 is 0 Å². The maximum Gasteiger partial charge on any atom is 0.239 e. The molecule has 4 nitrogen and oxygen atoms in total. The summed E-state index contributed by atoms with van der Waals surface area (Å²) in [6.07, 6.45) is 0. The number of ether oxygens (including phenoxy) is 2. The van der Waals surface area contributed by atoms with Gasteiger partial charge in [0.2, 0.25) is 11.2 Å². The van der Waals surface area contributed by atoms with Crippen molar-refractivity contribution in [2.24, 2.45) is 0 Å². The number of methoxy groups -OCH3 is 1. The molecule has 0 atom stereocenters. The number of hydrogen-bond acceptors (Lipinski definition) is 4. The fraction of sp³-hybridized carbons (Fsp3) is 0.150. The van der Waals surface area contributed by atoms with E-state index in [4.69, 9.17) is 13.9 Å². The lowest BCUT2D eigenvalue weighted by Gasteiger charge is -2.11. The summed E-state index contributed by atoms with van der Waals surface area (Å²) in [6.45, 7) is 1.83. The minimum atomic E-state index is -0.273. The van der Waals surface area contributed by atoms with Crippen LogP contribution in [0.25, 0.3) is 22.3 Å². The third kappa shape index (κ3) is 2.84. The zero-order valence-corrected chi connectivity index (χ0v) is 13.5. The van der Waals surface area contributed by atoms with Gasteiger partial charge in [-0.3, -0.25) is 4.79 Å². The first-order chi connectivity index (χ1) is 11.8. The van der Waals surface area contributed by atoms with Crippen LogP contribution in [0, 0.1) is 11.8 Å². The Hall–Kier alpha value is -3.19. The van der Waals surface area contributed by atoms with Gasteiger partial charge in [-0.1, -0.05) is 42.3 Å². The summed E-state index contributed by atoms with van der Waals surface area (Å²) in [7, 11) is 1.52. The lowest BCUT2D eigenvalue weighted by molar-refractivity contribution is 0.357. The molecule has 0 fully saturated rings. The van der Waals surface area contributed by atoms with Crippen molar-refractivity contribution in [3.05, 3.63) is 58.8 Å². The van der Waals surface area contributed by atoms with E-state index in [0.29, 0.717) is 22.5 Å². The van der Waals surface area contributed by atoms with E-state index in [-0.39, 0.29) is 17.8 Å². The normalized spacial score (nSPS) is 10.1. The third-order valence-corrected chi connectivity index (χ3v) is 3.56. The molecule has 0 bridgehead atoms. The molecular formula is C20H16O4. The van der Waals surface area contributed by atoms with Crippen LogP contribution < -0.4 is 14.9 Å². The Morgan fingerprint density at radius 1 is 1.08 bits per heavy atom. The second-order valence-electron chi connectivity index (χ2n) is 5.00. The predicted molar refractivity (Wildman–Crippen MR) is 93.4 cm³/mol. The molecule has 0 aliphatic heterocycles. The van der Waals surface area contributed by atoms with Crippen molar-refractivity contribution in [2.45, 2.75) is 6.92 Å². The molecule has 4 heteroatoms. The maximum atomic E-state index is 13.0. The van der Waals surface area contributed by atoms with Crippen molar-refractivity contribution in [1.82, 2.24) is 0 Å². The van der Waals surface area contributed by atoms with Gasteiger partial charge in [-0.2, -0.15) is 0 Å². The molecule has 0 spiro atoms. The van der Waals surface area contributed by atoms with Crippen molar-refractivity contribution >= 4 is 11.0 Å². The maximum absolute atomic E-state index is 13.0. The standard InChI is InChI=1S/C20H16O4/c1-3-4-13-23-20-18(21)17-15(22-2)11-8-12-16(17)24-19(20)14-9-6-5-7-10-14/h5-12H,13H2,1-2H3. The van der Waals surface area contributed by atoms with E-state index in [1.807, 2.05) is 30.3 Å². The third-order valence-electron chi connectivity index (χ3n) is 3.56. The van der Waals surface area contributed by atoms with Gasteiger partial charge in [0.25, 0.3) is 0 Å². The monoisotopic (exact) mass is 320 g/mol. The van der Waals surface area contributed by atoms with Gasteiger partial charge in [0.15, 0.2) is 5.76 Å². The Morgan fingerprint density at radius 3 is 2.58 bits per heavy atom. The molecule has 2 aromatic carbocycles. The summed E-state index contributed by atoms with van der Waals surface area (Å²) in [5, 5.41) is 0.360. The first-order valence-corrected chi connectivity index (χ1v) is 7.48. The topological polar surface area (TPSA) is 48.7 Å². The Morgan fingerprint density at radius 2 is 1.88 bits per heavy atom. The lowest BCUT2D eigenvalue weighted by Crippen LogP contribution is -2.11. The predicted octanol–water partition coefficient (Wildman–Crippen LogP) is 3.87. The van der Waals surface area contributed by atoms with E-state index in [2.05, 4.69) is 11.8 Å². The van der Waals surface area contributed by atoms with Crippen molar-refractivity contribution in [2.75, 3.05) is 13.7 Å². The molecule has 0 amide bonds. The summed E-state index contributed by atoms with van der Waals surface area (Å²) >= 11 is 0. The van der Waals surface area contributed by atoms with Crippen LogP contribution in [0.2, 0.25) is 0 Å². The van der Waals surface area contributed by atoms with E-state index in [0.717, 1.165) is 5.56 Å². The highest BCUT2D eigenvalue weighted by Gasteiger charge is 2.19. The first kappa shape index (κ1) is 15.7. The number of benzene rings is 2. The van der Waals surface area contributed by atoms with Gasteiger partial charge in [0.05, 0.1) is 7.11 Å². The summed E-state index contributed by atoms with van der Waals surface area (Å²) in [5.74, 6) is 6.52. The fourth-order valence-corrected chi connectivity index (χ4v) is 2.45. The Kier molecular flexibility index (Phi) is 4.53. The molecule has 1 aromatic heterocycles. The molecule has 3 aromatic rings. The van der Waals surface area contributed by atoms with Crippen LogP contribution in [0.4, 0.5) is 0 Å². The van der Waals surface area contributed by atoms with Crippen LogP contribution in [0.3, 0.4) is 0 Å². The summed E-state index contributed by atoms with van der Waals surface area (Å²) in [6, 6.07) is 14.6. The van der Waals surface area contributed by atoms with Crippen LogP contribution >= 0.6 is 0 Å². The molecule has 0 aliphatic carbocycles. The molecule has 0 N–H and O–H groups in total. The van der Waals surface area contributed by atoms with Crippen LogP contribution in [-0.2, 0) is 0 Å². The molecule has 3 rings (SSSR count). The number of rotatable bonds is 4. The average molecular weight is 320 g/mol. The molecule has 0 aliphatic rings. The van der Waals surface area contributed by atoms with E-state index >= 15 is 0 Å². The van der Waals surface area contributed by atoms with Gasteiger partial charge in [-0.05, 0) is 19.1 Å². The van der Waals surface area contributed by atoms with E-state index in [1.54, 1.807) is 25.1 Å². The molecule has 0 saturated carbocycles. The summed E-state index contributed by atoms with van der Waals surface area (Å²) in [4.78, 5) is 13.0. The second kappa shape index (κ2) is 6.93. The highest BCUT2D eigenvalue weighted by molar-refractivity contribution is 5.87. The molecule has 120 valence electrons. The van der Waals surface area contributed by atoms with Crippen LogP contribution in [0.1, 0.15) is 6.92 Å². The largest absolute Gasteiger partial charge is 0.496 e. The lowest BCUT2D eigenvalue weighted by atomic mass is 10.1. The van der Waals surface area contributed by atoms with Crippen molar-refractivity contribution in [1.29, 1.82) is 0 Å². The van der Waals surface area contributed by atoms with Gasteiger partial charge in [0, 0.05) is 5.56 Å². The number of fused-ring (bicyclic) bond motifs is 1. The fourth-order valence-electron chi connectivity index (χ4n) is 2.45. The number of hydrogen-bond donors (Lipinski definition) is 0. The van der Waals surface area contributed by atoms with E-state index < -0.39 is 0 Å². The van der Waals surface area contributed by atoms with Gasteiger partial charge < -0.3 is 13.9 Å². The molecule has 0 radical (unpaired) electrons. The van der Waals surface area contributed by atoms with Crippen LogP contribution in [0.15, 0.2) is 57.7 Å². The quantitative estimate of drug-likeness (QED) is 0.685. The zero-order valence-electron chi connectivity index (χ0n) is 13.5. The van der Waals surface area contributed by atoms with Crippen molar-refractivity contribution < 1.29 is 13.9 Å². The molecule has 1 heterocycles. The summed E-state index contributed by atoms with van der Waals surface area (Å²) < 4.78 is 16.9. The van der Waals surface area contributed by atoms with Crippen LogP contribution in [-0.4, -0.2) is 13.7 Å². The van der Waals surface area contributed by atoms with Gasteiger partial charge in [-0.15, -0.1) is 5.92 Å². The highest BCUT2D eigenvalue weighted by atomic mass is 16.5. The van der Waals surface area contributed by atoms with Gasteiger partial charge in [-0.25, -0.2) is 0 Å². The second-order valence-corrected chi connectivity index (χ2v) is 5.00. The zero-order chi connectivity index (χ0) is 16.9. The molecular weight excluding hydrogens is 304 g/mol. The molecule has 0 unspecified atom stereocenters. The summed E-state index contributed by atoms with van der Waals surface area (Å²) in [5.41, 5.74) is 0.941.